The monoisotopic (exact) mass is 346 g/mol. The molecule has 0 unspecified atom stereocenters. The summed E-state index contributed by atoms with van der Waals surface area (Å²) >= 11 is 0. The van der Waals surface area contributed by atoms with Crippen LogP contribution in [0.2, 0.25) is 0 Å². The minimum absolute atomic E-state index is 0.125. The van der Waals surface area contributed by atoms with Crippen LogP contribution in [0.4, 0.5) is 0 Å². The molecule has 0 N–H and O–H groups in total. The first-order chi connectivity index (χ1) is 12.2. The van der Waals surface area contributed by atoms with Gasteiger partial charge >= 0.3 is 5.97 Å². The number of aryl methyl sites for hydroxylation is 1. The van der Waals surface area contributed by atoms with E-state index in [1.165, 1.54) is 17.5 Å². The van der Waals surface area contributed by atoms with Gasteiger partial charge in [-0.15, -0.1) is 0 Å². The van der Waals surface area contributed by atoms with E-state index < -0.39 is 5.97 Å². The maximum Gasteiger partial charge on any atom is 0.390 e. The van der Waals surface area contributed by atoms with Gasteiger partial charge in [0.1, 0.15) is 5.75 Å². The van der Waals surface area contributed by atoms with E-state index in [1.807, 2.05) is 18.2 Å². The number of hydrogen-bond donors (Lipinski definition) is 0. The van der Waals surface area contributed by atoms with Crippen LogP contribution in [0.1, 0.15) is 62.8 Å². The smallest absolute Gasteiger partial charge is 0.390 e. The molecular weight excluding hydrogens is 320 g/mol. The van der Waals surface area contributed by atoms with Crippen molar-refractivity contribution in [3.05, 3.63) is 64.7 Å². The topological polar surface area (TPSA) is 26.3 Å². The van der Waals surface area contributed by atoms with E-state index in [0.717, 1.165) is 17.5 Å². The lowest BCUT2D eigenvalue weighted by Crippen LogP contribution is -2.34. The van der Waals surface area contributed by atoms with Crippen LogP contribution in [-0.4, -0.2) is 5.97 Å². The van der Waals surface area contributed by atoms with E-state index in [4.69, 9.17) is 4.74 Å². The summed E-state index contributed by atoms with van der Waals surface area (Å²) in [5.41, 5.74) is 5.06. The Labute approximate surface area is 156 Å². The zero-order valence-corrected chi connectivity index (χ0v) is 16.3. The summed E-state index contributed by atoms with van der Waals surface area (Å²) in [6.45, 7) is 11.3. The second-order valence-corrected chi connectivity index (χ2v) is 8.43. The zero-order valence-electron chi connectivity index (χ0n) is 16.3. The van der Waals surface area contributed by atoms with Gasteiger partial charge in [0.15, 0.2) is 0 Å². The van der Waals surface area contributed by atoms with Crippen molar-refractivity contribution in [3.63, 3.8) is 0 Å². The summed E-state index contributed by atoms with van der Waals surface area (Å²) in [6.07, 6.45) is 2.33. The average Bonchev–Trinajstić information content (AvgIpc) is 2.58. The van der Waals surface area contributed by atoms with Gasteiger partial charge in [-0.3, -0.25) is 0 Å². The van der Waals surface area contributed by atoms with Crippen LogP contribution in [0.3, 0.4) is 0 Å². The molecular formula is C24H26O2. The van der Waals surface area contributed by atoms with Gasteiger partial charge in [-0.25, -0.2) is 4.79 Å². The highest BCUT2D eigenvalue weighted by atomic mass is 16.5. The lowest BCUT2D eigenvalue weighted by Gasteiger charge is -2.42. The fraction of sp³-hybridized carbons (Fsp3) is 0.375. The molecule has 0 saturated heterocycles. The Morgan fingerprint density at radius 3 is 2.15 bits per heavy atom. The molecule has 0 heterocycles. The van der Waals surface area contributed by atoms with Crippen molar-refractivity contribution in [1.82, 2.24) is 0 Å². The molecule has 0 bridgehead atoms. The molecule has 0 amide bonds. The van der Waals surface area contributed by atoms with Gasteiger partial charge in [-0.1, -0.05) is 57.9 Å². The maximum absolute atomic E-state index is 12.0. The molecule has 0 atom stereocenters. The zero-order chi connectivity index (χ0) is 18.9. The Hall–Kier alpha value is -2.53. The SMILES string of the molecule is Cc1cc2c(cc1C#CC(=O)Oc1ccccc1)C(C)(C)CCC2(C)C. The predicted octanol–water partition coefficient (Wildman–Crippen LogP) is 5.30. The van der Waals surface area contributed by atoms with E-state index in [9.17, 15) is 4.79 Å². The number of hydrogen-bond acceptors (Lipinski definition) is 2. The van der Waals surface area contributed by atoms with Crippen LogP contribution in [0.15, 0.2) is 42.5 Å². The molecule has 0 aliphatic heterocycles. The van der Waals surface area contributed by atoms with Gasteiger partial charge in [0.2, 0.25) is 0 Å². The normalized spacial score (nSPS) is 16.8. The number of esters is 1. The highest BCUT2D eigenvalue weighted by Gasteiger charge is 2.37. The number of carbonyl (C=O) groups excluding carboxylic acids is 1. The number of ether oxygens (including phenoxy) is 1. The van der Waals surface area contributed by atoms with Crippen molar-refractivity contribution in [1.29, 1.82) is 0 Å². The molecule has 2 aromatic rings. The van der Waals surface area contributed by atoms with Gasteiger partial charge in [0, 0.05) is 11.5 Å². The van der Waals surface area contributed by atoms with Gasteiger partial charge in [0.25, 0.3) is 0 Å². The number of carbonyl (C=O) groups is 1. The van der Waals surface area contributed by atoms with E-state index in [0.29, 0.717) is 5.75 Å². The molecule has 0 radical (unpaired) electrons. The average molecular weight is 346 g/mol. The van der Waals surface area contributed by atoms with Crippen molar-refractivity contribution in [2.75, 3.05) is 0 Å². The molecule has 1 aliphatic rings. The van der Waals surface area contributed by atoms with Gasteiger partial charge in [-0.05, 0) is 65.5 Å². The maximum atomic E-state index is 12.0. The minimum atomic E-state index is -0.534. The standard InChI is InChI=1S/C24H26O2/c1-17-15-20-21(24(4,5)14-13-23(20,2)3)16-18(17)11-12-22(25)26-19-9-7-6-8-10-19/h6-10,15-16H,13-14H2,1-5H3. The second-order valence-electron chi connectivity index (χ2n) is 8.43. The lowest BCUT2D eigenvalue weighted by atomic mass is 9.62. The number of para-hydroxylation sites is 1. The second kappa shape index (κ2) is 6.65. The molecule has 3 rings (SSSR count). The van der Waals surface area contributed by atoms with Crippen LogP contribution in [0.25, 0.3) is 0 Å². The molecule has 0 spiro atoms. The highest BCUT2D eigenvalue weighted by Crippen LogP contribution is 2.46. The molecule has 2 heteroatoms. The summed E-state index contributed by atoms with van der Waals surface area (Å²) in [5, 5.41) is 0. The van der Waals surface area contributed by atoms with E-state index in [-0.39, 0.29) is 10.8 Å². The first-order valence-electron chi connectivity index (χ1n) is 9.13. The van der Waals surface area contributed by atoms with Gasteiger partial charge < -0.3 is 4.74 Å². The Bertz CT molecular complexity index is 893. The quantitative estimate of drug-likeness (QED) is 0.398. The van der Waals surface area contributed by atoms with E-state index in [2.05, 4.69) is 58.6 Å². The first-order valence-corrected chi connectivity index (χ1v) is 9.13. The van der Waals surface area contributed by atoms with Crippen molar-refractivity contribution in [2.24, 2.45) is 0 Å². The van der Waals surface area contributed by atoms with Crippen molar-refractivity contribution < 1.29 is 9.53 Å². The minimum Gasteiger partial charge on any atom is -0.417 e. The molecule has 0 fully saturated rings. The van der Waals surface area contributed by atoms with Crippen LogP contribution < -0.4 is 4.74 Å². The van der Waals surface area contributed by atoms with Crippen LogP contribution in [-0.2, 0) is 15.6 Å². The van der Waals surface area contributed by atoms with E-state index >= 15 is 0 Å². The third-order valence-electron chi connectivity index (χ3n) is 5.45. The van der Waals surface area contributed by atoms with Crippen molar-refractivity contribution in [2.45, 2.75) is 58.3 Å². The first kappa shape index (κ1) is 18.3. The fourth-order valence-corrected chi connectivity index (χ4v) is 3.60. The van der Waals surface area contributed by atoms with Gasteiger partial charge in [0.05, 0.1) is 0 Å². The van der Waals surface area contributed by atoms with E-state index in [1.54, 1.807) is 12.1 Å². The fourth-order valence-electron chi connectivity index (χ4n) is 3.60. The summed E-state index contributed by atoms with van der Waals surface area (Å²) in [7, 11) is 0. The summed E-state index contributed by atoms with van der Waals surface area (Å²) in [6, 6.07) is 13.4. The Kier molecular flexibility index (Phi) is 4.67. The molecule has 0 aromatic heterocycles. The van der Waals surface area contributed by atoms with Gasteiger partial charge in [-0.2, -0.15) is 0 Å². The number of fused-ring (bicyclic) bond motifs is 1. The molecule has 1 aliphatic carbocycles. The number of benzene rings is 2. The van der Waals surface area contributed by atoms with Crippen LogP contribution >= 0.6 is 0 Å². The summed E-state index contributed by atoms with van der Waals surface area (Å²) in [4.78, 5) is 12.0. The number of rotatable bonds is 1. The van der Waals surface area contributed by atoms with Crippen molar-refractivity contribution >= 4 is 5.97 Å². The lowest BCUT2D eigenvalue weighted by molar-refractivity contribution is -0.128. The predicted molar refractivity (Wildman–Crippen MR) is 105 cm³/mol. The summed E-state index contributed by atoms with van der Waals surface area (Å²) < 4.78 is 5.25. The Balaban J connectivity index is 1.92. The molecule has 134 valence electrons. The molecule has 0 saturated carbocycles. The Morgan fingerprint density at radius 1 is 0.962 bits per heavy atom. The van der Waals surface area contributed by atoms with Crippen LogP contribution in [0, 0.1) is 18.8 Å². The Morgan fingerprint density at radius 2 is 1.54 bits per heavy atom. The largest absolute Gasteiger partial charge is 0.417 e. The highest BCUT2D eigenvalue weighted by molar-refractivity contribution is 5.91. The molecule has 2 aromatic carbocycles. The van der Waals surface area contributed by atoms with Crippen molar-refractivity contribution in [3.8, 4) is 17.6 Å². The van der Waals surface area contributed by atoms with Crippen LogP contribution in [0.5, 0.6) is 5.75 Å². The third kappa shape index (κ3) is 3.68. The summed E-state index contributed by atoms with van der Waals surface area (Å²) in [5.74, 6) is 5.63. The molecule has 26 heavy (non-hydrogen) atoms. The molecule has 2 nitrogen and oxygen atoms in total. The third-order valence-corrected chi connectivity index (χ3v) is 5.45.